The van der Waals surface area contributed by atoms with E-state index in [1.165, 1.54) is 24.3 Å². The first-order chi connectivity index (χ1) is 9.97. The topological polar surface area (TPSA) is 68.1 Å². The van der Waals surface area contributed by atoms with Gasteiger partial charge in [-0.1, -0.05) is 17.7 Å². The summed E-state index contributed by atoms with van der Waals surface area (Å²) in [4.78, 5) is 14.3. The van der Waals surface area contributed by atoms with Gasteiger partial charge in [-0.05, 0) is 42.7 Å². The summed E-state index contributed by atoms with van der Waals surface area (Å²) in [7, 11) is 0. The fourth-order valence-electron chi connectivity index (χ4n) is 1.96. The first-order valence-corrected chi connectivity index (χ1v) is 6.65. The second-order valence-corrected chi connectivity index (χ2v) is 4.89. The summed E-state index contributed by atoms with van der Waals surface area (Å²) < 4.78 is 13.0. The molecule has 5 nitrogen and oxygen atoms in total. The average molecular weight is 310 g/mol. The lowest BCUT2D eigenvalue weighted by Crippen LogP contribution is -2.09. The van der Waals surface area contributed by atoms with Gasteiger partial charge >= 0.3 is 5.69 Å². The summed E-state index contributed by atoms with van der Waals surface area (Å²) >= 11 is 5.74. The zero-order valence-corrected chi connectivity index (χ0v) is 12.0. The molecule has 21 heavy (non-hydrogen) atoms. The van der Waals surface area contributed by atoms with Crippen LogP contribution >= 0.6 is 11.6 Å². The molecule has 1 aromatic carbocycles. The molecule has 0 saturated heterocycles. The molecule has 2 aromatic rings. The molecule has 110 valence electrons. The van der Waals surface area contributed by atoms with Gasteiger partial charge in [-0.2, -0.15) is 0 Å². The first-order valence-electron chi connectivity index (χ1n) is 6.27. The van der Waals surface area contributed by atoms with Gasteiger partial charge in [0, 0.05) is 12.6 Å². The summed E-state index contributed by atoms with van der Waals surface area (Å²) in [6.45, 7) is 2.25. The van der Waals surface area contributed by atoms with Crippen LogP contribution in [0.25, 0.3) is 0 Å². The van der Waals surface area contributed by atoms with Gasteiger partial charge < -0.3 is 5.32 Å². The Kier molecular flexibility index (Phi) is 4.70. The Labute approximate surface area is 125 Å². The van der Waals surface area contributed by atoms with Crippen LogP contribution in [0.2, 0.25) is 5.15 Å². The maximum Gasteiger partial charge on any atom is 0.311 e. The van der Waals surface area contributed by atoms with Crippen molar-refractivity contribution < 1.29 is 9.31 Å². The van der Waals surface area contributed by atoms with Crippen molar-refractivity contribution in [3.63, 3.8) is 0 Å². The summed E-state index contributed by atoms with van der Waals surface area (Å²) in [5, 5.41) is 14.0. The monoisotopic (exact) mass is 309 g/mol. The van der Waals surface area contributed by atoms with Crippen LogP contribution in [0.4, 0.5) is 15.9 Å². The van der Waals surface area contributed by atoms with E-state index in [-0.39, 0.29) is 22.5 Å². The molecule has 0 amide bonds. The van der Waals surface area contributed by atoms with Crippen molar-refractivity contribution in [2.45, 2.75) is 13.3 Å². The summed E-state index contributed by atoms with van der Waals surface area (Å²) in [6, 6.07) is 7.22. The number of halogens is 2. The molecule has 0 atom stereocenters. The average Bonchev–Trinajstić information content (AvgIpc) is 2.41. The van der Waals surface area contributed by atoms with E-state index in [2.05, 4.69) is 10.3 Å². The zero-order valence-electron chi connectivity index (χ0n) is 11.3. The minimum absolute atomic E-state index is 0.129. The molecular weight excluding hydrogens is 297 g/mol. The number of nitro groups is 1. The number of aryl methyl sites for hydroxylation is 1. The molecule has 0 bridgehead atoms. The molecule has 1 aromatic heterocycles. The smallest absolute Gasteiger partial charge is 0.311 e. The Balaban J connectivity index is 2.06. The Morgan fingerprint density at radius 1 is 1.38 bits per heavy atom. The van der Waals surface area contributed by atoms with Crippen molar-refractivity contribution in [2.75, 3.05) is 11.9 Å². The van der Waals surface area contributed by atoms with Crippen LogP contribution in [0.5, 0.6) is 0 Å². The van der Waals surface area contributed by atoms with E-state index in [1.54, 1.807) is 6.07 Å². The van der Waals surface area contributed by atoms with Gasteiger partial charge in [0.1, 0.15) is 11.0 Å². The van der Waals surface area contributed by atoms with Gasteiger partial charge in [-0.15, -0.1) is 0 Å². The third kappa shape index (κ3) is 3.88. The molecule has 0 unspecified atom stereocenters. The number of benzene rings is 1. The van der Waals surface area contributed by atoms with Crippen LogP contribution < -0.4 is 5.32 Å². The molecule has 0 spiro atoms. The highest BCUT2D eigenvalue weighted by Crippen LogP contribution is 2.24. The maximum atomic E-state index is 13.0. The van der Waals surface area contributed by atoms with Crippen molar-refractivity contribution in [2.24, 2.45) is 0 Å². The van der Waals surface area contributed by atoms with E-state index in [0.29, 0.717) is 13.0 Å². The fraction of sp³-hybridized carbons (Fsp3) is 0.214. The molecule has 0 radical (unpaired) electrons. The van der Waals surface area contributed by atoms with Gasteiger partial charge in [0.05, 0.1) is 4.92 Å². The van der Waals surface area contributed by atoms with Crippen molar-refractivity contribution in [3.05, 3.63) is 62.5 Å². The summed E-state index contributed by atoms with van der Waals surface area (Å²) in [5.74, 6) is -0.149. The molecule has 0 aliphatic carbocycles. The Morgan fingerprint density at radius 3 is 2.81 bits per heavy atom. The van der Waals surface area contributed by atoms with Crippen molar-refractivity contribution in [3.8, 4) is 0 Å². The number of hydrogen-bond donors (Lipinski definition) is 1. The molecule has 0 aliphatic rings. The van der Waals surface area contributed by atoms with Crippen LogP contribution in [0.1, 0.15) is 11.1 Å². The van der Waals surface area contributed by atoms with Crippen LogP contribution in [0.3, 0.4) is 0 Å². The van der Waals surface area contributed by atoms with Crippen LogP contribution in [0, 0.1) is 22.9 Å². The Morgan fingerprint density at radius 2 is 2.14 bits per heavy atom. The molecule has 0 saturated carbocycles. The van der Waals surface area contributed by atoms with E-state index in [4.69, 9.17) is 11.6 Å². The number of rotatable bonds is 5. The van der Waals surface area contributed by atoms with Gasteiger partial charge in [0.15, 0.2) is 0 Å². The number of nitrogens with one attached hydrogen (secondary N) is 1. The minimum Gasteiger partial charge on any atom is -0.364 e. The SMILES string of the molecule is Cc1cc(F)ccc1CCNc1nc(Cl)ccc1[N+](=O)[O-]. The lowest BCUT2D eigenvalue weighted by Gasteiger charge is -2.08. The predicted octanol–water partition coefficient (Wildman–Crippen LogP) is 3.75. The van der Waals surface area contributed by atoms with Gasteiger partial charge in [0.2, 0.25) is 5.82 Å². The van der Waals surface area contributed by atoms with E-state index >= 15 is 0 Å². The second kappa shape index (κ2) is 6.49. The highest BCUT2D eigenvalue weighted by atomic mass is 35.5. The number of hydrogen-bond acceptors (Lipinski definition) is 4. The molecule has 1 heterocycles. The largest absolute Gasteiger partial charge is 0.364 e. The summed E-state index contributed by atoms with van der Waals surface area (Å²) in [6.07, 6.45) is 0.595. The minimum atomic E-state index is -0.519. The quantitative estimate of drug-likeness (QED) is 0.519. The molecule has 0 fully saturated rings. The summed E-state index contributed by atoms with van der Waals surface area (Å²) in [5.41, 5.74) is 1.68. The molecule has 1 N–H and O–H groups in total. The van der Waals surface area contributed by atoms with Crippen molar-refractivity contribution >= 4 is 23.1 Å². The first kappa shape index (κ1) is 15.2. The van der Waals surface area contributed by atoms with Crippen molar-refractivity contribution in [1.29, 1.82) is 0 Å². The second-order valence-electron chi connectivity index (χ2n) is 4.51. The fourth-order valence-corrected chi connectivity index (χ4v) is 2.11. The van der Waals surface area contributed by atoms with E-state index in [9.17, 15) is 14.5 Å². The van der Waals surface area contributed by atoms with Crippen LogP contribution in [0.15, 0.2) is 30.3 Å². The Bertz CT molecular complexity index is 679. The van der Waals surface area contributed by atoms with Crippen molar-refractivity contribution in [1.82, 2.24) is 4.98 Å². The van der Waals surface area contributed by atoms with E-state index in [0.717, 1.165) is 11.1 Å². The lowest BCUT2D eigenvalue weighted by molar-refractivity contribution is -0.384. The third-order valence-electron chi connectivity index (χ3n) is 3.03. The highest BCUT2D eigenvalue weighted by molar-refractivity contribution is 6.29. The number of aromatic nitrogens is 1. The number of anilines is 1. The standard InChI is InChI=1S/C14H13ClFN3O2/c1-9-8-11(16)3-2-10(9)6-7-17-14-12(19(20)21)4-5-13(15)18-14/h2-5,8H,6-7H2,1H3,(H,17,18). The van der Waals surface area contributed by atoms with Crippen LogP contribution in [-0.2, 0) is 6.42 Å². The number of nitrogens with zero attached hydrogens (tertiary/aromatic N) is 2. The molecule has 0 aliphatic heterocycles. The lowest BCUT2D eigenvalue weighted by atomic mass is 10.1. The third-order valence-corrected chi connectivity index (χ3v) is 3.24. The number of pyridine rings is 1. The molecule has 2 rings (SSSR count). The highest BCUT2D eigenvalue weighted by Gasteiger charge is 2.15. The molecule has 7 heteroatoms. The van der Waals surface area contributed by atoms with Crippen LogP contribution in [-0.4, -0.2) is 16.5 Å². The Hall–Kier alpha value is -2.21. The van der Waals surface area contributed by atoms with Gasteiger partial charge in [-0.25, -0.2) is 9.37 Å². The van der Waals surface area contributed by atoms with E-state index < -0.39 is 4.92 Å². The van der Waals surface area contributed by atoms with Gasteiger partial charge in [-0.3, -0.25) is 10.1 Å². The zero-order chi connectivity index (χ0) is 15.4. The normalized spacial score (nSPS) is 10.4. The molecular formula is C14H13ClFN3O2. The maximum absolute atomic E-state index is 13.0. The predicted molar refractivity (Wildman–Crippen MR) is 79.2 cm³/mol. The van der Waals surface area contributed by atoms with Gasteiger partial charge in [0.25, 0.3) is 0 Å². The van der Waals surface area contributed by atoms with E-state index in [1.807, 2.05) is 6.92 Å².